The van der Waals surface area contributed by atoms with Crippen molar-refractivity contribution in [2.75, 3.05) is 7.11 Å². The summed E-state index contributed by atoms with van der Waals surface area (Å²) in [5, 5.41) is 9.43. The van der Waals surface area contributed by atoms with E-state index in [0.717, 1.165) is 17.5 Å². The molecule has 0 aliphatic heterocycles. The van der Waals surface area contributed by atoms with E-state index in [-0.39, 0.29) is 30.1 Å². The van der Waals surface area contributed by atoms with Crippen molar-refractivity contribution < 1.29 is 14.6 Å². The third-order valence-corrected chi connectivity index (χ3v) is 3.12. The van der Waals surface area contributed by atoms with Crippen molar-refractivity contribution in [2.24, 2.45) is 5.73 Å². The first kappa shape index (κ1) is 11.0. The molecule has 0 spiro atoms. The number of hydrogen-bond acceptors (Lipinski definition) is 4. The highest BCUT2D eigenvalue weighted by Crippen LogP contribution is 2.36. The van der Waals surface area contributed by atoms with Crippen LogP contribution in [0.1, 0.15) is 23.5 Å². The number of fused-ring (bicyclic) bond motifs is 1. The molecule has 86 valence electrons. The molecule has 1 aromatic rings. The van der Waals surface area contributed by atoms with Crippen LogP contribution in [0, 0.1) is 0 Å². The van der Waals surface area contributed by atoms with Crippen molar-refractivity contribution in [3.05, 3.63) is 29.3 Å². The molecule has 2 rings (SSSR count). The maximum Gasteiger partial charge on any atom is 0.306 e. The Morgan fingerprint density at radius 2 is 2.38 bits per heavy atom. The molecule has 0 saturated heterocycles. The summed E-state index contributed by atoms with van der Waals surface area (Å²) in [5.41, 5.74) is 8.07. The Labute approximate surface area is 94.0 Å². The van der Waals surface area contributed by atoms with Crippen LogP contribution in [0.4, 0.5) is 0 Å². The molecule has 0 radical (unpaired) electrons. The summed E-state index contributed by atoms with van der Waals surface area (Å²) in [6.45, 7) is 0. The van der Waals surface area contributed by atoms with Crippen molar-refractivity contribution >= 4 is 5.97 Å². The normalized spacial score (nSPS) is 22.9. The van der Waals surface area contributed by atoms with Crippen molar-refractivity contribution in [3.8, 4) is 5.75 Å². The molecular weight excluding hydrogens is 206 g/mol. The van der Waals surface area contributed by atoms with Crippen LogP contribution in [-0.4, -0.2) is 24.2 Å². The molecular formula is C12H15NO3. The molecule has 1 aromatic carbocycles. The second-order valence-electron chi connectivity index (χ2n) is 4.14. The van der Waals surface area contributed by atoms with E-state index in [9.17, 15) is 9.90 Å². The van der Waals surface area contributed by atoms with E-state index in [2.05, 4.69) is 4.74 Å². The average Bonchev–Trinajstić information content (AvgIpc) is 2.55. The Kier molecular flexibility index (Phi) is 2.83. The molecule has 4 heteroatoms. The van der Waals surface area contributed by atoms with E-state index < -0.39 is 0 Å². The highest BCUT2D eigenvalue weighted by molar-refractivity contribution is 5.71. The summed E-state index contributed by atoms with van der Waals surface area (Å²) in [4.78, 5) is 11.3. The molecule has 0 heterocycles. The fraction of sp³-hybridized carbons (Fsp3) is 0.417. The number of esters is 1. The summed E-state index contributed by atoms with van der Waals surface area (Å²) < 4.78 is 4.65. The zero-order chi connectivity index (χ0) is 11.7. The number of hydrogen-bond donors (Lipinski definition) is 2. The van der Waals surface area contributed by atoms with E-state index >= 15 is 0 Å². The number of aromatic hydroxyl groups is 1. The molecule has 0 aromatic heterocycles. The predicted molar refractivity (Wildman–Crippen MR) is 59.2 cm³/mol. The van der Waals surface area contributed by atoms with E-state index in [1.165, 1.54) is 7.11 Å². The molecule has 16 heavy (non-hydrogen) atoms. The third kappa shape index (κ3) is 1.88. The van der Waals surface area contributed by atoms with Gasteiger partial charge in [-0.25, -0.2) is 0 Å². The van der Waals surface area contributed by atoms with Gasteiger partial charge in [-0.2, -0.15) is 0 Å². The monoisotopic (exact) mass is 221 g/mol. The van der Waals surface area contributed by atoms with Crippen molar-refractivity contribution in [1.82, 2.24) is 0 Å². The van der Waals surface area contributed by atoms with Crippen molar-refractivity contribution in [3.63, 3.8) is 0 Å². The Hall–Kier alpha value is -1.55. The maximum absolute atomic E-state index is 11.3. The van der Waals surface area contributed by atoms with Crippen LogP contribution >= 0.6 is 0 Å². The minimum absolute atomic E-state index is 0.0467. The molecule has 1 aliphatic carbocycles. The van der Waals surface area contributed by atoms with Crippen LogP contribution in [0.5, 0.6) is 5.75 Å². The number of phenolic OH excluding ortho intramolecular Hbond substituents is 1. The van der Waals surface area contributed by atoms with Crippen LogP contribution < -0.4 is 5.73 Å². The lowest BCUT2D eigenvalue weighted by atomic mass is 9.95. The van der Waals surface area contributed by atoms with Crippen LogP contribution in [-0.2, 0) is 16.0 Å². The van der Waals surface area contributed by atoms with Crippen LogP contribution in [0.15, 0.2) is 18.2 Å². The minimum Gasteiger partial charge on any atom is -0.508 e. The quantitative estimate of drug-likeness (QED) is 0.728. The van der Waals surface area contributed by atoms with Crippen LogP contribution in [0.2, 0.25) is 0 Å². The van der Waals surface area contributed by atoms with Gasteiger partial charge in [-0.3, -0.25) is 4.79 Å². The lowest BCUT2D eigenvalue weighted by Gasteiger charge is -2.15. The standard InChI is InChI=1S/C12H15NO3/c1-16-12(15)6-10-9-5-8(14)3-2-7(9)4-11(10)13/h2-3,5,10-11,14H,4,6,13H2,1H3. The summed E-state index contributed by atoms with van der Waals surface area (Å²) in [6, 6.07) is 5.12. The van der Waals surface area contributed by atoms with E-state index in [1.54, 1.807) is 12.1 Å². The third-order valence-electron chi connectivity index (χ3n) is 3.12. The number of carbonyl (C=O) groups is 1. The molecule has 1 aliphatic rings. The van der Waals surface area contributed by atoms with Gasteiger partial charge < -0.3 is 15.6 Å². The van der Waals surface area contributed by atoms with E-state index in [0.29, 0.717) is 0 Å². The number of phenols is 1. The fourth-order valence-electron chi connectivity index (χ4n) is 2.26. The van der Waals surface area contributed by atoms with E-state index in [4.69, 9.17) is 5.73 Å². The number of rotatable bonds is 2. The van der Waals surface area contributed by atoms with Crippen LogP contribution in [0.25, 0.3) is 0 Å². The van der Waals surface area contributed by atoms with Gasteiger partial charge in [0, 0.05) is 12.0 Å². The summed E-state index contributed by atoms with van der Waals surface area (Å²) >= 11 is 0. The smallest absolute Gasteiger partial charge is 0.306 e. The number of carbonyl (C=O) groups excluding carboxylic acids is 1. The summed E-state index contributed by atoms with van der Waals surface area (Å²) in [7, 11) is 1.37. The number of benzene rings is 1. The molecule has 0 saturated carbocycles. The second kappa shape index (κ2) is 4.14. The molecule has 4 nitrogen and oxygen atoms in total. The van der Waals surface area contributed by atoms with Gasteiger partial charge in [0.15, 0.2) is 0 Å². The van der Waals surface area contributed by atoms with Crippen molar-refractivity contribution in [2.45, 2.75) is 24.8 Å². The largest absolute Gasteiger partial charge is 0.508 e. The number of ether oxygens (including phenoxy) is 1. The Morgan fingerprint density at radius 1 is 1.62 bits per heavy atom. The molecule has 0 bridgehead atoms. The first-order valence-electron chi connectivity index (χ1n) is 5.26. The molecule has 3 N–H and O–H groups in total. The molecule has 2 unspecified atom stereocenters. The fourth-order valence-corrected chi connectivity index (χ4v) is 2.26. The van der Waals surface area contributed by atoms with Gasteiger partial charge in [0.05, 0.1) is 13.5 Å². The van der Waals surface area contributed by atoms with Gasteiger partial charge >= 0.3 is 5.97 Å². The lowest BCUT2D eigenvalue weighted by molar-refractivity contribution is -0.141. The summed E-state index contributed by atoms with van der Waals surface area (Å²) in [5.74, 6) is -0.103. The molecule has 2 atom stereocenters. The molecule has 0 fully saturated rings. The Morgan fingerprint density at radius 3 is 3.06 bits per heavy atom. The molecule has 0 amide bonds. The topological polar surface area (TPSA) is 72.5 Å². The lowest BCUT2D eigenvalue weighted by Crippen LogP contribution is -2.27. The zero-order valence-electron chi connectivity index (χ0n) is 9.14. The number of nitrogens with two attached hydrogens (primary N) is 1. The van der Waals surface area contributed by atoms with Crippen molar-refractivity contribution in [1.29, 1.82) is 0 Å². The van der Waals surface area contributed by atoms with Gasteiger partial charge in [-0.05, 0) is 29.7 Å². The Balaban J connectivity index is 2.27. The highest BCUT2D eigenvalue weighted by Gasteiger charge is 2.31. The first-order valence-corrected chi connectivity index (χ1v) is 5.26. The zero-order valence-corrected chi connectivity index (χ0v) is 9.14. The SMILES string of the molecule is COC(=O)CC1c2cc(O)ccc2CC1N. The average molecular weight is 221 g/mol. The van der Waals surface area contributed by atoms with Gasteiger partial charge in [-0.15, -0.1) is 0 Å². The van der Waals surface area contributed by atoms with Gasteiger partial charge in [0.2, 0.25) is 0 Å². The number of methoxy groups -OCH3 is 1. The minimum atomic E-state index is -0.267. The summed E-state index contributed by atoms with van der Waals surface area (Å²) in [6.07, 6.45) is 1.02. The first-order chi connectivity index (χ1) is 7.61. The second-order valence-corrected chi connectivity index (χ2v) is 4.14. The predicted octanol–water partition coefficient (Wildman–Crippen LogP) is 0.922. The van der Waals surface area contributed by atoms with Crippen LogP contribution in [0.3, 0.4) is 0 Å². The Bertz CT molecular complexity index is 417. The van der Waals surface area contributed by atoms with Gasteiger partial charge in [-0.1, -0.05) is 6.07 Å². The van der Waals surface area contributed by atoms with E-state index in [1.807, 2.05) is 6.07 Å². The maximum atomic E-state index is 11.3. The van der Waals surface area contributed by atoms with Gasteiger partial charge in [0.25, 0.3) is 0 Å². The highest BCUT2D eigenvalue weighted by atomic mass is 16.5. The van der Waals surface area contributed by atoms with Gasteiger partial charge in [0.1, 0.15) is 5.75 Å².